The molecule has 8 nitrogen and oxygen atoms in total. The molecule has 0 atom stereocenters. The molecule has 1 aromatic rings. The minimum Gasteiger partial charge on any atom is -0.481 e. The van der Waals surface area contributed by atoms with Crippen LogP contribution in [0.4, 0.5) is 5.69 Å². The average molecular weight is 303 g/mol. The average Bonchev–Trinajstić information content (AvgIpc) is 2.47. The number of nitriles is 1. The highest BCUT2D eigenvalue weighted by Gasteiger charge is 2.09. The minimum atomic E-state index is -1.10. The molecule has 4 N–H and O–H groups in total. The molecule has 0 aliphatic carbocycles. The summed E-state index contributed by atoms with van der Waals surface area (Å²) in [6.45, 7) is -0.0955. The standard InChI is InChI=1S/C14H13N3O5/c15-7-10(13(20)16-5-4-12(18)19)8-17-11-3-1-2-9(6-11)14(21)22/h1-3,6,8,17H,4-5H2,(H,16,20)(H,18,19)(H,21,22)/b10-8-. The second-order valence-electron chi connectivity index (χ2n) is 4.10. The van der Waals surface area contributed by atoms with E-state index in [0.717, 1.165) is 6.20 Å². The maximum absolute atomic E-state index is 11.6. The number of rotatable bonds is 7. The molecule has 8 heteroatoms. The first kappa shape index (κ1) is 16.7. The highest BCUT2D eigenvalue weighted by atomic mass is 16.4. The van der Waals surface area contributed by atoms with Crippen LogP contribution in [-0.2, 0) is 9.59 Å². The zero-order valence-electron chi connectivity index (χ0n) is 11.4. The number of aliphatic carboxylic acids is 1. The number of carbonyl (C=O) groups is 3. The molecule has 0 aliphatic heterocycles. The van der Waals surface area contributed by atoms with Crippen molar-refractivity contribution in [3.05, 3.63) is 41.6 Å². The minimum absolute atomic E-state index is 0.0582. The summed E-state index contributed by atoms with van der Waals surface area (Å²) in [5.41, 5.74) is 0.194. The van der Waals surface area contributed by atoms with Crippen molar-refractivity contribution in [2.45, 2.75) is 6.42 Å². The molecule has 0 radical (unpaired) electrons. The summed E-state index contributed by atoms with van der Waals surface area (Å²) in [5, 5.41) is 31.1. The van der Waals surface area contributed by atoms with Crippen molar-refractivity contribution in [1.82, 2.24) is 5.32 Å². The van der Waals surface area contributed by atoms with Gasteiger partial charge in [0.25, 0.3) is 5.91 Å². The summed E-state index contributed by atoms with van der Waals surface area (Å²) in [5.74, 6) is -2.88. The summed E-state index contributed by atoms with van der Waals surface area (Å²) in [7, 11) is 0. The largest absolute Gasteiger partial charge is 0.481 e. The fourth-order valence-electron chi connectivity index (χ4n) is 1.42. The van der Waals surface area contributed by atoms with Crippen LogP contribution >= 0.6 is 0 Å². The summed E-state index contributed by atoms with van der Waals surface area (Å²) >= 11 is 0. The molecule has 0 fully saturated rings. The first-order valence-corrected chi connectivity index (χ1v) is 6.14. The Morgan fingerprint density at radius 1 is 1.27 bits per heavy atom. The van der Waals surface area contributed by atoms with Crippen LogP contribution in [0.25, 0.3) is 0 Å². The van der Waals surface area contributed by atoms with Gasteiger partial charge in [-0.25, -0.2) is 4.79 Å². The van der Waals surface area contributed by atoms with Gasteiger partial charge in [-0.05, 0) is 18.2 Å². The molecule has 0 bridgehead atoms. The smallest absolute Gasteiger partial charge is 0.335 e. The van der Waals surface area contributed by atoms with E-state index < -0.39 is 17.8 Å². The molecular formula is C14H13N3O5. The molecular weight excluding hydrogens is 290 g/mol. The van der Waals surface area contributed by atoms with Gasteiger partial charge >= 0.3 is 11.9 Å². The quantitative estimate of drug-likeness (QED) is 0.431. The Morgan fingerprint density at radius 2 is 2.00 bits per heavy atom. The van der Waals surface area contributed by atoms with Crippen LogP contribution in [0.1, 0.15) is 16.8 Å². The number of hydrogen-bond donors (Lipinski definition) is 4. The van der Waals surface area contributed by atoms with E-state index in [-0.39, 0.29) is 24.1 Å². The number of anilines is 1. The Labute approximate surface area is 125 Å². The van der Waals surface area contributed by atoms with E-state index in [1.54, 1.807) is 12.1 Å². The third-order valence-corrected chi connectivity index (χ3v) is 2.48. The van der Waals surface area contributed by atoms with Crippen LogP contribution in [0.5, 0.6) is 0 Å². The fraction of sp³-hybridized carbons (Fsp3) is 0.143. The van der Waals surface area contributed by atoms with Crippen LogP contribution in [-0.4, -0.2) is 34.6 Å². The van der Waals surface area contributed by atoms with Crippen molar-refractivity contribution in [3.63, 3.8) is 0 Å². The van der Waals surface area contributed by atoms with Crippen molar-refractivity contribution in [1.29, 1.82) is 5.26 Å². The maximum Gasteiger partial charge on any atom is 0.335 e. The molecule has 22 heavy (non-hydrogen) atoms. The number of hydrogen-bond acceptors (Lipinski definition) is 5. The second-order valence-corrected chi connectivity index (χ2v) is 4.10. The number of nitrogens with one attached hydrogen (secondary N) is 2. The Bertz CT molecular complexity index is 661. The van der Waals surface area contributed by atoms with Gasteiger partial charge < -0.3 is 20.8 Å². The molecule has 0 heterocycles. The van der Waals surface area contributed by atoms with E-state index in [4.69, 9.17) is 15.5 Å². The number of nitrogens with zero attached hydrogens (tertiary/aromatic N) is 1. The number of carboxylic acid groups (broad SMARTS) is 2. The van der Waals surface area contributed by atoms with Gasteiger partial charge in [-0.15, -0.1) is 0 Å². The predicted molar refractivity (Wildman–Crippen MR) is 76.0 cm³/mol. The van der Waals surface area contributed by atoms with E-state index in [2.05, 4.69) is 10.6 Å². The number of carboxylic acids is 2. The Kier molecular flexibility index (Phi) is 6.12. The van der Waals surface area contributed by atoms with Gasteiger partial charge in [0.05, 0.1) is 12.0 Å². The summed E-state index contributed by atoms with van der Waals surface area (Å²) in [6, 6.07) is 7.50. The summed E-state index contributed by atoms with van der Waals surface area (Å²) in [6.07, 6.45) is 0.871. The van der Waals surface area contributed by atoms with Crippen molar-refractivity contribution < 1.29 is 24.6 Å². The van der Waals surface area contributed by atoms with E-state index in [0.29, 0.717) is 5.69 Å². The zero-order chi connectivity index (χ0) is 16.5. The zero-order valence-corrected chi connectivity index (χ0v) is 11.4. The fourth-order valence-corrected chi connectivity index (χ4v) is 1.42. The van der Waals surface area contributed by atoms with Crippen LogP contribution < -0.4 is 10.6 Å². The van der Waals surface area contributed by atoms with Crippen molar-refractivity contribution in [2.75, 3.05) is 11.9 Å². The molecule has 0 aliphatic rings. The highest BCUT2D eigenvalue weighted by Crippen LogP contribution is 2.11. The van der Waals surface area contributed by atoms with Crippen molar-refractivity contribution in [2.24, 2.45) is 0 Å². The van der Waals surface area contributed by atoms with Crippen LogP contribution in [0, 0.1) is 11.3 Å². The third kappa shape index (κ3) is 5.34. The van der Waals surface area contributed by atoms with E-state index in [1.807, 2.05) is 0 Å². The number of benzene rings is 1. The topological polar surface area (TPSA) is 140 Å². The SMILES string of the molecule is N#C/C(=C/Nc1cccc(C(=O)O)c1)C(=O)NCCC(=O)O. The van der Waals surface area contributed by atoms with Gasteiger partial charge in [-0.2, -0.15) is 5.26 Å². The highest BCUT2D eigenvalue weighted by molar-refractivity contribution is 5.97. The number of aromatic carboxylic acids is 1. The Hall–Kier alpha value is -3.34. The molecule has 0 unspecified atom stereocenters. The van der Waals surface area contributed by atoms with Gasteiger partial charge in [-0.3, -0.25) is 9.59 Å². The van der Waals surface area contributed by atoms with E-state index >= 15 is 0 Å². The molecule has 1 rings (SSSR count). The molecule has 0 saturated heterocycles. The van der Waals surface area contributed by atoms with Crippen molar-refractivity contribution >= 4 is 23.5 Å². The van der Waals surface area contributed by atoms with Gasteiger partial charge in [0.1, 0.15) is 11.6 Å². The third-order valence-electron chi connectivity index (χ3n) is 2.48. The number of carbonyl (C=O) groups excluding carboxylic acids is 1. The summed E-state index contributed by atoms with van der Waals surface area (Å²) < 4.78 is 0. The molecule has 1 aromatic carbocycles. The lowest BCUT2D eigenvalue weighted by Crippen LogP contribution is -2.27. The van der Waals surface area contributed by atoms with Crippen molar-refractivity contribution in [3.8, 4) is 6.07 Å². The Morgan fingerprint density at radius 3 is 2.59 bits per heavy atom. The lowest BCUT2D eigenvalue weighted by molar-refractivity contribution is -0.136. The molecule has 0 spiro atoms. The predicted octanol–water partition coefficient (Wildman–Crippen LogP) is 0.795. The normalized spacial score (nSPS) is 10.4. The van der Waals surface area contributed by atoms with Crippen LogP contribution in [0.2, 0.25) is 0 Å². The van der Waals surface area contributed by atoms with Gasteiger partial charge in [0.15, 0.2) is 0 Å². The first-order chi connectivity index (χ1) is 10.4. The number of amides is 1. The van der Waals surface area contributed by atoms with Crippen LogP contribution in [0.15, 0.2) is 36.0 Å². The lowest BCUT2D eigenvalue weighted by Gasteiger charge is -2.04. The first-order valence-electron chi connectivity index (χ1n) is 6.14. The van der Waals surface area contributed by atoms with Gasteiger partial charge in [0, 0.05) is 18.4 Å². The monoisotopic (exact) mass is 303 g/mol. The van der Waals surface area contributed by atoms with Gasteiger partial charge in [-0.1, -0.05) is 6.07 Å². The molecule has 0 saturated carbocycles. The molecule has 1 amide bonds. The Balaban J connectivity index is 2.71. The molecule has 114 valence electrons. The molecule has 0 aromatic heterocycles. The lowest BCUT2D eigenvalue weighted by atomic mass is 10.2. The maximum atomic E-state index is 11.6. The second kappa shape index (κ2) is 8.06. The van der Waals surface area contributed by atoms with E-state index in [1.165, 1.54) is 18.2 Å². The summed E-state index contributed by atoms with van der Waals surface area (Å²) in [4.78, 5) is 32.8. The van der Waals surface area contributed by atoms with E-state index in [9.17, 15) is 14.4 Å². The van der Waals surface area contributed by atoms with Gasteiger partial charge in [0.2, 0.25) is 0 Å². The van der Waals surface area contributed by atoms with Crippen LogP contribution in [0.3, 0.4) is 0 Å².